The Hall–Kier alpha value is -0.840. The van der Waals surface area contributed by atoms with Crippen LogP contribution >= 0.6 is 15.9 Å². The lowest BCUT2D eigenvalue weighted by Crippen LogP contribution is -2.27. The quantitative estimate of drug-likeness (QED) is 0.557. The Morgan fingerprint density at radius 3 is 1.94 bits per heavy atom. The third-order valence-corrected chi connectivity index (χ3v) is 2.10. The summed E-state index contributed by atoms with van der Waals surface area (Å²) in [5.41, 5.74) is 0. The monoisotopic (exact) mass is 292 g/mol. The fourth-order valence-corrected chi connectivity index (χ4v) is 1.24. The van der Waals surface area contributed by atoms with Gasteiger partial charge in [-0.2, -0.15) is 0 Å². The second kappa shape index (κ2) is 8.33. The Balaban J connectivity index is 4.55. The van der Waals surface area contributed by atoms with Crippen LogP contribution in [0.4, 0.5) is 0 Å². The van der Waals surface area contributed by atoms with E-state index in [0.29, 0.717) is 0 Å². The molecular weight excluding hydrogens is 276 g/mol. The molecule has 0 aliphatic rings. The molecule has 0 bridgehead atoms. The summed E-state index contributed by atoms with van der Waals surface area (Å²) in [4.78, 5) is 23.0. The SMILES string of the molecule is CCOC(=O)C(CC=C(C)Br)C(=O)OCC. The van der Waals surface area contributed by atoms with Crippen molar-refractivity contribution < 1.29 is 19.1 Å². The molecule has 0 heterocycles. The first-order valence-corrected chi connectivity index (χ1v) is 5.97. The van der Waals surface area contributed by atoms with Gasteiger partial charge in [0.1, 0.15) is 0 Å². The van der Waals surface area contributed by atoms with E-state index in [1.54, 1.807) is 19.9 Å². The molecule has 16 heavy (non-hydrogen) atoms. The first kappa shape index (κ1) is 15.2. The van der Waals surface area contributed by atoms with Crippen molar-refractivity contribution in [3.63, 3.8) is 0 Å². The third kappa shape index (κ3) is 5.90. The molecule has 0 saturated heterocycles. The van der Waals surface area contributed by atoms with Crippen LogP contribution in [0.15, 0.2) is 10.6 Å². The molecule has 4 nitrogen and oxygen atoms in total. The molecular formula is C11H17BrO4. The van der Waals surface area contributed by atoms with Crippen molar-refractivity contribution in [3.8, 4) is 0 Å². The van der Waals surface area contributed by atoms with Crippen molar-refractivity contribution in [1.82, 2.24) is 0 Å². The minimum absolute atomic E-state index is 0.256. The number of carbonyl (C=O) groups is 2. The van der Waals surface area contributed by atoms with Crippen LogP contribution < -0.4 is 0 Å². The molecule has 0 N–H and O–H groups in total. The summed E-state index contributed by atoms with van der Waals surface area (Å²) in [6.45, 7) is 5.74. The molecule has 0 spiro atoms. The summed E-state index contributed by atoms with van der Waals surface area (Å²) in [7, 11) is 0. The molecule has 0 rings (SSSR count). The van der Waals surface area contributed by atoms with Gasteiger partial charge in [-0.15, -0.1) is 0 Å². The highest BCUT2D eigenvalue weighted by Crippen LogP contribution is 2.13. The topological polar surface area (TPSA) is 52.6 Å². The van der Waals surface area contributed by atoms with Crippen LogP contribution in [0.25, 0.3) is 0 Å². The maximum Gasteiger partial charge on any atom is 0.320 e. The Kier molecular flexibility index (Phi) is 7.89. The van der Waals surface area contributed by atoms with Crippen molar-refractivity contribution in [2.75, 3.05) is 13.2 Å². The van der Waals surface area contributed by atoms with E-state index in [1.165, 1.54) is 0 Å². The van der Waals surface area contributed by atoms with Crippen LogP contribution in [0.2, 0.25) is 0 Å². The number of ether oxygens (including phenoxy) is 2. The molecule has 0 aromatic rings. The average Bonchev–Trinajstić information content (AvgIpc) is 2.18. The van der Waals surface area contributed by atoms with Crippen molar-refractivity contribution in [2.24, 2.45) is 5.92 Å². The highest BCUT2D eigenvalue weighted by molar-refractivity contribution is 9.11. The van der Waals surface area contributed by atoms with Crippen molar-refractivity contribution in [3.05, 3.63) is 10.6 Å². The van der Waals surface area contributed by atoms with Crippen molar-refractivity contribution >= 4 is 27.9 Å². The van der Waals surface area contributed by atoms with Gasteiger partial charge < -0.3 is 9.47 Å². The third-order valence-electron chi connectivity index (χ3n) is 1.78. The lowest BCUT2D eigenvalue weighted by Gasteiger charge is -2.12. The van der Waals surface area contributed by atoms with Gasteiger partial charge in [0.2, 0.25) is 0 Å². The van der Waals surface area contributed by atoms with Gasteiger partial charge in [-0.25, -0.2) is 0 Å². The van der Waals surface area contributed by atoms with E-state index >= 15 is 0 Å². The lowest BCUT2D eigenvalue weighted by atomic mass is 10.1. The molecule has 0 aromatic heterocycles. The highest BCUT2D eigenvalue weighted by Gasteiger charge is 2.28. The molecule has 0 atom stereocenters. The highest BCUT2D eigenvalue weighted by atomic mass is 79.9. The predicted molar refractivity (Wildman–Crippen MR) is 64.1 cm³/mol. The fraction of sp³-hybridized carbons (Fsp3) is 0.636. The molecule has 0 aromatic carbocycles. The minimum Gasteiger partial charge on any atom is -0.465 e. The standard InChI is InChI=1S/C11H17BrO4/c1-4-15-10(13)9(7-6-8(3)12)11(14)16-5-2/h6,9H,4-5,7H2,1-3H3. The molecule has 0 radical (unpaired) electrons. The van der Waals surface area contributed by atoms with Crippen LogP contribution in [-0.4, -0.2) is 25.2 Å². The van der Waals surface area contributed by atoms with Gasteiger partial charge in [0.25, 0.3) is 0 Å². The zero-order chi connectivity index (χ0) is 12.6. The van der Waals surface area contributed by atoms with Gasteiger partial charge in [-0.05, 0) is 31.7 Å². The number of rotatable bonds is 6. The van der Waals surface area contributed by atoms with E-state index in [1.807, 2.05) is 6.92 Å². The molecule has 0 aliphatic carbocycles. The predicted octanol–water partition coefficient (Wildman–Crippen LogP) is 2.42. The maximum atomic E-state index is 11.5. The van der Waals surface area contributed by atoms with Crippen molar-refractivity contribution in [1.29, 1.82) is 0 Å². The Bertz CT molecular complexity index is 251. The van der Waals surface area contributed by atoms with Crippen LogP contribution in [0, 0.1) is 5.92 Å². The lowest BCUT2D eigenvalue weighted by molar-refractivity contribution is -0.161. The van der Waals surface area contributed by atoms with E-state index in [0.717, 1.165) is 4.48 Å². The van der Waals surface area contributed by atoms with Gasteiger partial charge in [0.15, 0.2) is 5.92 Å². The zero-order valence-corrected chi connectivity index (χ0v) is 11.4. The molecule has 0 unspecified atom stereocenters. The first-order valence-electron chi connectivity index (χ1n) is 5.18. The summed E-state index contributed by atoms with van der Waals surface area (Å²) in [6.07, 6.45) is 2.03. The van der Waals surface area contributed by atoms with E-state index in [4.69, 9.17) is 9.47 Å². The molecule has 0 amide bonds. The summed E-state index contributed by atoms with van der Waals surface area (Å²) >= 11 is 3.24. The zero-order valence-electron chi connectivity index (χ0n) is 9.79. The molecule has 0 fully saturated rings. The normalized spacial score (nSPS) is 11.4. The van der Waals surface area contributed by atoms with Crippen LogP contribution in [-0.2, 0) is 19.1 Å². The van der Waals surface area contributed by atoms with Crippen molar-refractivity contribution in [2.45, 2.75) is 27.2 Å². The summed E-state index contributed by atoms with van der Waals surface area (Å²) in [6, 6.07) is 0. The Morgan fingerprint density at radius 1 is 1.19 bits per heavy atom. The van der Waals surface area contributed by atoms with E-state index < -0.39 is 17.9 Å². The number of allylic oxidation sites excluding steroid dienone is 2. The minimum atomic E-state index is -0.868. The summed E-state index contributed by atoms with van der Waals surface area (Å²) in [5.74, 6) is -1.94. The average molecular weight is 293 g/mol. The molecule has 0 aliphatic heterocycles. The molecule has 92 valence electrons. The maximum absolute atomic E-state index is 11.5. The first-order chi connectivity index (χ1) is 7.52. The van der Waals surface area contributed by atoms with E-state index in [9.17, 15) is 9.59 Å². The fourth-order valence-electron chi connectivity index (χ4n) is 1.05. The van der Waals surface area contributed by atoms with Gasteiger partial charge in [0.05, 0.1) is 13.2 Å². The molecule has 0 saturated carbocycles. The van der Waals surface area contributed by atoms with Gasteiger partial charge in [-0.3, -0.25) is 9.59 Å². The number of hydrogen-bond donors (Lipinski definition) is 0. The van der Waals surface area contributed by atoms with Crippen LogP contribution in [0.3, 0.4) is 0 Å². The van der Waals surface area contributed by atoms with Gasteiger partial charge in [-0.1, -0.05) is 22.0 Å². The van der Waals surface area contributed by atoms with E-state index in [-0.39, 0.29) is 19.6 Å². The van der Waals surface area contributed by atoms with Gasteiger partial charge in [0, 0.05) is 0 Å². The van der Waals surface area contributed by atoms with Crippen LogP contribution in [0.1, 0.15) is 27.2 Å². The summed E-state index contributed by atoms with van der Waals surface area (Å²) < 4.78 is 10.5. The smallest absolute Gasteiger partial charge is 0.320 e. The summed E-state index contributed by atoms with van der Waals surface area (Å²) in [5, 5.41) is 0. The van der Waals surface area contributed by atoms with Gasteiger partial charge >= 0.3 is 11.9 Å². The second-order valence-corrected chi connectivity index (χ2v) is 4.33. The number of halogens is 1. The Morgan fingerprint density at radius 2 is 1.62 bits per heavy atom. The van der Waals surface area contributed by atoms with E-state index in [2.05, 4.69) is 15.9 Å². The number of carbonyl (C=O) groups excluding carboxylic acids is 2. The number of hydrogen-bond acceptors (Lipinski definition) is 4. The van der Waals surface area contributed by atoms with Crippen LogP contribution in [0.5, 0.6) is 0 Å². The number of esters is 2. The largest absolute Gasteiger partial charge is 0.465 e. The molecule has 5 heteroatoms. The second-order valence-electron chi connectivity index (χ2n) is 3.08. The Labute approximate surface area is 104 Å².